The predicted octanol–water partition coefficient (Wildman–Crippen LogP) is 15.4. The van der Waals surface area contributed by atoms with Gasteiger partial charge in [0.15, 0.2) is 0 Å². The third-order valence-electron chi connectivity index (χ3n) is 13.4. The van der Waals surface area contributed by atoms with E-state index in [1.807, 2.05) is 30.4 Å². The first-order chi connectivity index (χ1) is 29.3. The van der Waals surface area contributed by atoms with Crippen LogP contribution in [-0.2, 0) is 17.8 Å². The topological polar surface area (TPSA) is 57.5 Å². The second-order valence-corrected chi connectivity index (χ2v) is 27.1. The molecule has 2 aliphatic heterocycles. The zero-order valence-corrected chi connectivity index (χ0v) is 46.3. The van der Waals surface area contributed by atoms with Gasteiger partial charge in [-0.25, -0.2) is 4.39 Å². The molecule has 1 aromatic heterocycles. The number of amides is 1. The van der Waals surface area contributed by atoms with Gasteiger partial charge in [0.25, 0.3) is 0 Å². The number of hydrogen-bond acceptors (Lipinski definition) is 5. The number of rotatable bonds is 21. The maximum absolute atomic E-state index is 14.9. The highest BCUT2D eigenvalue weighted by atomic mass is 19.1. The van der Waals surface area contributed by atoms with E-state index < -0.39 is 5.67 Å². The molecule has 0 radical (unpaired) electrons. The molecule has 0 aromatic carbocycles. The molecule has 0 bridgehead atoms. The molecule has 0 N–H and O–H groups in total. The normalized spacial score (nSPS) is 17.2. The first-order valence-electron chi connectivity index (χ1n) is 26.6. The van der Waals surface area contributed by atoms with Crippen molar-refractivity contribution in [1.82, 2.24) is 29.7 Å². The summed E-state index contributed by atoms with van der Waals surface area (Å²) in [4.78, 5) is 19.0. The Kier molecular flexibility index (Phi) is 26.5. The molecule has 1 amide bonds. The average molecular weight is 904 g/mol. The number of alkyl halides is 1. The fourth-order valence-corrected chi connectivity index (χ4v) is 8.84. The summed E-state index contributed by atoms with van der Waals surface area (Å²) < 4.78 is 16.9. The monoisotopic (exact) mass is 903 g/mol. The SMILES string of the molecule is CC(C)(C)CCCCCCCN1CCC(F)(C(C)(C)C)CC1.CC(C)(C)CCCCCCCN1CCN(C(C)(C)C)C(=O)C1.CC(C)(C)CCCCn1cc(CCCC(C)(C)C)nn1. The lowest BCUT2D eigenvalue weighted by Crippen LogP contribution is -2.56. The highest BCUT2D eigenvalue weighted by Gasteiger charge is 2.44. The Balaban J connectivity index is 0.000000481. The second kappa shape index (κ2) is 28.1. The lowest BCUT2D eigenvalue weighted by Gasteiger charge is -2.44. The number of carbonyl (C=O) groups excluding carboxylic acids is 1. The summed E-state index contributed by atoms with van der Waals surface area (Å²) >= 11 is 0. The highest BCUT2D eigenvalue weighted by Crippen LogP contribution is 2.42. The summed E-state index contributed by atoms with van der Waals surface area (Å²) in [7, 11) is 0. The summed E-state index contributed by atoms with van der Waals surface area (Å²) in [5.74, 6) is 0.295. The molecule has 378 valence electrons. The van der Waals surface area contributed by atoms with Crippen LogP contribution in [0, 0.1) is 27.1 Å². The Morgan fingerprint density at radius 3 is 1.36 bits per heavy atom. The Morgan fingerprint density at radius 1 is 0.516 bits per heavy atom. The lowest BCUT2D eigenvalue weighted by atomic mass is 9.72. The average Bonchev–Trinajstić information content (AvgIpc) is 3.58. The Morgan fingerprint density at radius 2 is 0.922 bits per heavy atom. The molecular formula is C56H111FN6O. The van der Waals surface area contributed by atoms with E-state index >= 15 is 0 Å². The van der Waals surface area contributed by atoms with Crippen LogP contribution < -0.4 is 0 Å². The van der Waals surface area contributed by atoms with E-state index in [0.29, 0.717) is 47.0 Å². The van der Waals surface area contributed by atoms with Crippen molar-refractivity contribution < 1.29 is 9.18 Å². The molecule has 3 heterocycles. The molecule has 0 spiro atoms. The molecular weight excluding hydrogens is 792 g/mol. The van der Waals surface area contributed by atoms with Gasteiger partial charge in [0, 0.05) is 44.5 Å². The van der Waals surface area contributed by atoms with Crippen molar-refractivity contribution in [2.45, 2.75) is 271 Å². The van der Waals surface area contributed by atoms with Gasteiger partial charge in [0.2, 0.25) is 5.91 Å². The molecule has 1 aromatic rings. The maximum Gasteiger partial charge on any atom is 0.237 e. The molecule has 2 saturated heterocycles. The summed E-state index contributed by atoms with van der Waals surface area (Å²) in [6.07, 6.45) is 26.7. The molecule has 3 rings (SSSR count). The highest BCUT2D eigenvalue weighted by molar-refractivity contribution is 5.79. The quantitative estimate of drug-likeness (QED) is 0.115. The number of nitrogens with zero attached hydrogens (tertiary/aromatic N) is 6. The second-order valence-electron chi connectivity index (χ2n) is 27.1. The number of hydrogen-bond donors (Lipinski definition) is 0. The van der Waals surface area contributed by atoms with Gasteiger partial charge in [0.1, 0.15) is 5.67 Å². The smallest absolute Gasteiger partial charge is 0.237 e. The number of halogens is 1. The van der Waals surface area contributed by atoms with Crippen molar-refractivity contribution in [3.05, 3.63) is 11.9 Å². The molecule has 64 heavy (non-hydrogen) atoms. The van der Waals surface area contributed by atoms with E-state index in [4.69, 9.17) is 0 Å². The zero-order valence-electron chi connectivity index (χ0n) is 46.3. The van der Waals surface area contributed by atoms with Crippen molar-refractivity contribution in [1.29, 1.82) is 0 Å². The van der Waals surface area contributed by atoms with Crippen LogP contribution in [0.3, 0.4) is 0 Å². The predicted molar refractivity (Wildman–Crippen MR) is 277 cm³/mol. The number of aryl methyl sites for hydroxylation is 2. The molecule has 0 aliphatic carbocycles. The number of piperidine rings is 1. The van der Waals surface area contributed by atoms with Crippen molar-refractivity contribution >= 4 is 5.91 Å². The van der Waals surface area contributed by atoms with Crippen LogP contribution >= 0.6 is 0 Å². The van der Waals surface area contributed by atoms with Gasteiger partial charge in [-0.05, 0) is 132 Å². The zero-order chi connectivity index (χ0) is 48.9. The minimum atomic E-state index is -0.962. The standard InChI is InChI=1S/C20H40FN.C19H38N2O.C17H33N3/c1-18(2,3)12-10-8-7-9-11-15-22-16-13-20(21,14-17-22)19(4,5)6;1-18(2,3)12-10-8-7-9-11-13-20-14-15-21(17(22)16-20)19(4,5)6;1-16(2,3)11-7-8-13-20-14-15(18-19-20)10-9-12-17(4,5)6/h7-17H2,1-6H3;7-16H2,1-6H3;14H,7-13H2,1-6H3. The van der Waals surface area contributed by atoms with Gasteiger partial charge in [-0.1, -0.05) is 167 Å². The van der Waals surface area contributed by atoms with E-state index in [9.17, 15) is 9.18 Å². The van der Waals surface area contributed by atoms with Crippen LogP contribution in [0.15, 0.2) is 6.20 Å². The summed E-state index contributed by atoms with van der Waals surface area (Å²) in [6, 6.07) is 0. The summed E-state index contributed by atoms with van der Waals surface area (Å²) in [5.41, 5.74) is 1.76. The van der Waals surface area contributed by atoms with Crippen molar-refractivity contribution in [3.8, 4) is 0 Å². The first kappa shape index (κ1) is 60.5. The van der Waals surface area contributed by atoms with Gasteiger partial charge >= 0.3 is 0 Å². The van der Waals surface area contributed by atoms with Crippen LogP contribution in [0.25, 0.3) is 0 Å². The Bertz CT molecular complexity index is 1350. The minimum Gasteiger partial charge on any atom is -0.335 e. The molecule has 0 saturated carbocycles. The molecule has 0 unspecified atom stereocenters. The molecule has 2 fully saturated rings. The van der Waals surface area contributed by atoms with Crippen LogP contribution in [0.2, 0.25) is 0 Å². The molecule has 2 aliphatic rings. The van der Waals surface area contributed by atoms with Gasteiger partial charge in [-0.3, -0.25) is 14.4 Å². The van der Waals surface area contributed by atoms with E-state index in [1.165, 1.54) is 116 Å². The lowest BCUT2D eigenvalue weighted by molar-refractivity contribution is -0.141. The summed E-state index contributed by atoms with van der Waals surface area (Å²) in [5, 5.41) is 8.51. The maximum atomic E-state index is 14.9. The van der Waals surface area contributed by atoms with Crippen LogP contribution in [0.4, 0.5) is 4.39 Å². The largest absolute Gasteiger partial charge is 0.335 e. The third kappa shape index (κ3) is 30.0. The van der Waals surface area contributed by atoms with Gasteiger partial charge in [-0.2, -0.15) is 0 Å². The minimum absolute atomic E-state index is 0.0315. The first-order valence-corrected chi connectivity index (χ1v) is 26.6. The van der Waals surface area contributed by atoms with Crippen molar-refractivity contribution in [2.75, 3.05) is 45.8 Å². The third-order valence-corrected chi connectivity index (χ3v) is 13.4. The number of unbranched alkanes of at least 4 members (excludes halogenated alkanes) is 9. The summed E-state index contributed by atoms with van der Waals surface area (Å²) in [6.45, 7) is 47.9. The number of likely N-dealkylation sites (tertiary alicyclic amines) is 1. The van der Waals surface area contributed by atoms with Gasteiger partial charge < -0.3 is 9.80 Å². The van der Waals surface area contributed by atoms with Gasteiger partial charge in [0.05, 0.1) is 12.2 Å². The van der Waals surface area contributed by atoms with Gasteiger partial charge in [-0.15, -0.1) is 5.10 Å². The van der Waals surface area contributed by atoms with E-state index in [2.05, 4.69) is 130 Å². The fraction of sp³-hybridized carbons (Fsp3) is 0.946. The van der Waals surface area contributed by atoms with Crippen LogP contribution in [-0.4, -0.2) is 92.6 Å². The molecule has 8 heteroatoms. The molecule has 7 nitrogen and oxygen atoms in total. The Labute approximate surface area is 399 Å². The van der Waals surface area contributed by atoms with E-state index in [0.717, 1.165) is 51.4 Å². The Hall–Kier alpha value is -1.54. The molecule has 0 atom stereocenters. The van der Waals surface area contributed by atoms with E-state index in [1.54, 1.807) is 0 Å². The number of carbonyl (C=O) groups is 1. The van der Waals surface area contributed by atoms with Crippen LogP contribution in [0.1, 0.15) is 252 Å². The number of piperazine rings is 1. The van der Waals surface area contributed by atoms with Crippen LogP contribution in [0.5, 0.6) is 0 Å². The fourth-order valence-electron chi connectivity index (χ4n) is 8.84. The van der Waals surface area contributed by atoms with Crippen molar-refractivity contribution in [3.63, 3.8) is 0 Å². The van der Waals surface area contributed by atoms with E-state index in [-0.39, 0.29) is 11.0 Å². The van der Waals surface area contributed by atoms with Crippen molar-refractivity contribution in [2.24, 2.45) is 27.1 Å². The number of aromatic nitrogens is 3.